The van der Waals surface area contributed by atoms with E-state index in [4.69, 9.17) is 0 Å². The summed E-state index contributed by atoms with van der Waals surface area (Å²) in [4.78, 5) is 29.0. The van der Waals surface area contributed by atoms with Gasteiger partial charge in [0.1, 0.15) is 12.6 Å². The molecule has 40 heavy (non-hydrogen) atoms. The molecule has 0 saturated heterocycles. The van der Waals surface area contributed by atoms with Crippen molar-refractivity contribution >= 4 is 27.5 Å². The quantitative estimate of drug-likeness (QED) is 0.365. The SMILES string of the molecule is Cc1ccc(CN(C(=O)CN(c2cc(C)cc(C)c2)S(=O)(=O)c2ccccc2)[C@H](C)C(=O)NC2CCCC2)cc1. The molecule has 212 valence electrons. The first kappa shape index (κ1) is 29.3. The minimum atomic E-state index is -4.07. The molecule has 0 heterocycles. The summed E-state index contributed by atoms with van der Waals surface area (Å²) in [6.45, 7) is 7.23. The monoisotopic (exact) mass is 561 g/mol. The molecule has 8 heteroatoms. The lowest BCUT2D eigenvalue weighted by atomic mass is 10.1. The maximum Gasteiger partial charge on any atom is 0.264 e. The van der Waals surface area contributed by atoms with Crippen molar-refractivity contribution in [3.63, 3.8) is 0 Å². The average molecular weight is 562 g/mol. The van der Waals surface area contributed by atoms with Gasteiger partial charge in [0.25, 0.3) is 10.0 Å². The fraction of sp³-hybridized carbons (Fsp3) is 0.375. The van der Waals surface area contributed by atoms with Gasteiger partial charge in [-0.3, -0.25) is 13.9 Å². The third-order valence-electron chi connectivity index (χ3n) is 7.45. The maximum absolute atomic E-state index is 14.1. The minimum absolute atomic E-state index is 0.0964. The Morgan fingerprint density at radius 2 is 1.48 bits per heavy atom. The Hall–Kier alpha value is -3.65. The van der Waals surface area contributed by atoms with Crippen molar-refractivity contribution in [2.24, 2.45) is 0 Å². The third-order valence-corrected chi connectivity index (χ3v) is 9.23. The predicted octanol–water partition coefficient (Wildman–Crippen LogP) is 5.28. The number of hydrogen-bond donors (Lipinski definition) is 1. The molecule has 0 aromatic heterocycles. The number of carbonyl (C=O) groups is 2. The highest BCUT2D eigenvalue weighted by molar-refractivity contribution is 7.92. The summed E-state index contributed by atoms with van der Waals surface area (Å²) in [5.74, 6) is -0.676. The van der Waals surface area contributed by atoms with Gasteiger partial charge in [-0.2, -0.15) is 0 Å². The Morgan fingerprint density at radius 3 is 2.08 bits per heavy atom. The molecule has 1 saturated carbocycles. The van der Waals surface area contributed by atoms with Crippen molar-refractivity contribution in [2.45, 2.75) is 76.9 Å². The van der Waals surface area contributed by atoms with Crippen molar-refractivity contribution in [1.29, 1.82) is 0 Å². The van der Waals surface area contributed by atoms with E-state index in [-0.39, 0.29) is 23.4 Å². The van der Waals surface area contributed by atoms with Crippen LogP contribution in [0, 0.1) is 20.8 Å². The van der Waals surface area contributed by atoms with E-state index in [9.17, 15) is 18.0 Å². The first-order chi connectivity index (χ1) is 19.0. The molecule has 0 aliphatic heterocycles. The molecule has 1 N–H and O–H groups in total. The van der Waals surface area contributed by atoms with E-state index < -0.39 is 28.5 Å². The van der Waals surface area contributed by atoms with Crippen LogP contribution in [0.3, 0.4) is 0 Å². The molecule has 3 aromatic rings. The Labute approximate surface area is 238 Å². The molecule has 4 rings (SSSR count). The van der Waals surface area contributed by atoms with Gasteiger partial charge in [-0.05, 0) is 81.5 Å². The van der Waals surface area contributed by atoms with E-state index in [0.717, 1.165) is 52.2 Å². The molecule has 1 aliphatic rings. The zero-order valence-corrected chi connectivity index (χ0v) is 24.6. The van der Waals surface area contributed by atoms with Crippen LogP contribution < -0.4 is 9.62 Å². The van der Waals surface area contributed by atoms with Gasteiger partial charge in [0, 0.05) is 12.6 Å². The molecule has 1 aliphatic carbocycles. The van der Waals surface area contributed by atoms with Crippen LogP contribution in [0.4, 0.5) is 5.69 Å². The van der Waals surface area contributed by atoms with E-state index >= 15 is 0 Å². The maximum atomic E-state index is 14.1. The van der Waals surface area contributed by atoms with Crippen molar-refractivity contribution in [2.75, 3.05) is 10.8 Å². The smallest absolute Gasteiger partial charge is 0.264 e. The number of anilines is 1. The highest BCUT2D eigenvalue weighted by atomic mass is 32.2. The van der Waals surface area contributed by atoms with E-state index in [1.165, 1.54) is 17.0 Å². The Bertz CT molecular complexity index is 1410. The van der Waals surface area contributed by atoms with Crippen molar-refractivity contribution in [3.8, 4) is 0 Å². The highest BCUT2D eigenvalue weighted by Crippen LogP contribution is 2.27. The number of benzene rings is 3. The summed E-state index contributed by atoms with van der Waals surface area (Å²) in [5, 5.41) is 3.10. The van der Waals surface area contributed by atoms with Crippen molar-refractivity contribution < 1.29 is 18.0 Å². The first-order valence-corrected chi connectivity index (χ1v) is 15.3. The fourth-order valence-corrected chi connectivity index (χ4v) is 6.63. The van der Waals surface area contributed by atoms with Gasteiger partial charge >= 0.3 is 0 Å². The summed E-state index contributed by atoms with van der Waals surface area (Å²) in [6, 6.07) is 20.7. The number of rotatable bonds is 10. The van der Waals surface area contributed by atoms with Gasteiger partial charge in [0.15, 0.2) is 0 Å². The molecule has 2 amide bonds. The van der Waals surface area contributed by atoms with Gasteiger partial charge in [0.05, 0.1) is 10.6 Å². The second-order valence-corrected chi connectivity index (χ2v) is 12.7. The molecule has 3 aromatic carbocycles. The summed E-state index contributed by atoms with van der Waals surface area (Å²) in [6.07, 6.45) is 4.02. The van der Waals surface area contributed by atoms with Gasteiger partial charge in [-0.25, -0.2) is 8.42 Å². The Balaban J connectivity index is 1.69. The molecule has 1 fully saturated rings. The lowest BCUT2D eigenvalue weighted by Crippen LogP contribution is -2.52. The fourth-order valence-electron chi connectivity index (χ4n) is 5.21. The molecule has 1 atom stereocenters. The molecular weight excluding hydrogens is 522 g/mol. The van der Waals surface area contributed by atoms with Crippen LogP contribution in [0.15, 0.2) is 77.7 Å². The second-order valence-electron chi connectivity index (χ2n) is 10.8. The standard InChI is InChI=1S/C32H39N3O4S/c1-23-14-16-27(17-15-23)21-34(26(4)32(37)33-28-10-8-9-11-28)31(36)22-35(29-19-24(2)18-25(3)20-29)40(38,39)30-12-6-5-7-13-30/h5-7,12-20,26,28H,8-11,21-22H2,1-4H3,(H,33,37)/t26-/m1/s1. The second kappa shape index (κ2) is 12.7. The molecule has 7 nitrogen and oxygen atoms in total. The molecular formula is C32H39N3O4S. The van der Waals surface area contributed by atoms with Crippen molar-refractivity contribution in [3.05, 3.63) is 95.1 Å². The van der Waals surface area contributed by atoms with Crippen LogP contribution in [0.2, 0.25) is 0 Å². The van der Waals surface area contributed by atoms with Crippen LogP contribution in [0.1, 0.15) is 54.9 Å². The molecule has 0 radical (unpaired) electrons. The number of sulfonamides is 1. The summed E-state index contributed by atoms with van der Waals surface area (Å²) >= 11 is 0. The number of aryl methyl sites for hydroxylation is 3. The number of amides is 2. The van der Waals surface area contributed by atoms with E-state index in [0.29, 0.717) is 5.69 Å². The van der Waals surface area contributed by atoms with Crippen LogP contribution in [0.25, 0.3) is 0 Å². The number of hydrogen-bond acceptors (Lipinski definition) is 4. The van der Waals surface area contributed by atoms with Gasteiger partial charge < -0.3 is 10.2 Å². The van der Waals surface area contributed by atoms with Gasteiger partial charge in [-0.1, -0.05) is 66.9 Å². The Morgan fingerprint density at radius 1 is 0.875 bits per heavy atom. The van der Waals surface area contributed by atoms with Gasteiger partial charge in [0.2, 0.25) is 11.8 Å². The van der Waals surface area contributed by atoms with Crippen molar-refractivity contribution in [1.82, 2.24) is 10.2 Å². The lowest BCUT2D eigenvalue weighted by Gasteiger charge is -2.32. The third kappa shape index (κ3) is 7.10. The normalized spacial score (nSPS) is 14.5. The summed E-state index contributed by atoms with van der Waals surface area (Å²) in [7, 11) is -4.07. The highest BCUT2D eigenvalue weighted by Gasteiger charge is 2.33. The summed E-state index contributed by atoms with van der Waals surface area (Å²) < 4.78 is 29.0. The van der Waals surface area contributed by atoms with E-state index in [1.54, 1.807) is 37.3 Å². The van der Waals surface area contributed by atoms with E-state index in [1.807, 2.05) is 51.1 Å². The van der Waals surface area contributed by atoms with Crippen LogP contribution in [-0.4, -0.2) is 43.8 Å². The van der Waals surface area contributed by atoms with Gasteiger partial charge in [-0.15, -0.1) is 0 Å². The molecule has 0 unspecified atom stereocenters. The average Bonchev–Trinajstić information content (AvgIpc) is 3.43. The molecule has 0 bridgehead atoms. The van der Waals surface area contributed by atoms with E-state index in [2.05, 4.69) is 5.32 Å². The zero-order valence-electron chi connectivity index (χ0n) is 23.8. The first-order valence-electron chi connectivity index (χ1n) is 13.9. The largest absolute Gasteiger partial charge is 0.352 e. The van der Waals surface area contributed by atoms with Crippen LogP contribution in [-0.2, 0) is 26.2 Å². The van der Waals surface area contributed by atoms with Crippen LogP contribution in [0.5, 0.6) is 0 Å². The molecule has 0 spiro atoms. The minimum Gasteiger partial charge on any atom is -0.352 e. The van der Waals surface area contributed by atoms with Crippen LogP contribution >= 0.6 is 0 Å². The summed E-state index contributed by atoms with van der Waals surface area (Å²) in [5.41, 5.74) is 4.13. The Kier molecular flexibility index (Phi) is 9.30. The zero-order chi connectivity index (χ0) is 28.9. The topological polar surface area (TPSA) is 86.8 Å². The lowest BCUT2D eigenvalue weighted by molar-refractivity contribution is -0.139. The number of carbonyl (C=O) groups excluding carboxylic acids is 2. The predicted molar refractivity (Wildman–Crippen MR) is 158 cm³/mol. The number of nitrogens with zero attached hydrogens (tertiary/aromatic N) is 2. The number of nitrogens with one attached hydrogen (secondary N) is 1.